The van der Waals surface area contributed by atoms with Crippen molar-refractivity contribution in [2.45, 2.75) is 0 Å². The zero-order valence-electron chi connectivity index (χ0n) is 15.5. The van der Waals surface area contributed by atoms with Crippen LogP contribution < -0.4 is 10.1 Å². The summed E-state index contributed by atoms with van der Waals surface area (Å²) < 4.78 is 20.9. The lowest BCUT2D eigenvalue weighted by Crippen LogP contribution is -2.13. The Balaban J connectivity index is 1.47. The first-order chi connectivity index (χ1) is 14.7. The summed E-state index contributed by atoms with van der Waals surface area (Å²) in [5, 5.41) is 7.84. The third-order valence-corrected chi connectivity index (χ3v) is 4.45. The Bertz CT molecular complexity index is 1390. The Morgan fingerprint density at radius 1 is 1.00 bits per heavy atom. The number of benzene rings is 2. The van der Waals surface area contributed by atoms with Gasteiger partial charge in [0.2, 0.25) is 11.8 Å². The van der Waals surface area contributed by atoms with Gasteiger partial charge in [-0.25, -0.2) is 4.39 Å². The summed E-state index contributed by atoms with van der Waals surface area (Å²) in [6.45, 7) is 0. The van der Waals surface area contributed by atoms with Crippen LogP contribution in [-0.4, -0.2) is 25.5 Å². The van der Waals surface area contributed by atoms with Crippen molar-refractivity contribution in [1.82, 2.24) is 19.6 Å². The van der Waals surface area contributed by atoms with Crippen molar-refractivity contribution < 1.29 is 13.9 Å². The Labute approximate surface area is 169 Å². The van der Waals surface area contributed by atoms with Crippen LogP contribution in [-0.2, 0) is 0 Å². The monoisotopic (exact) mass is 399 g/mol. The highest BCUT2D eigenvalue weighted by molar-refractivity contribution is 6.03. The first kappa shape index (κ1) is 17.7. The van der Waals surface area contributed by atoms with Gasteiger partial charge in [0.25, 0.3) is 5.91 Å². The standard InChI is InChI=1S/C22H14FN5O2/c23-16-8-1-6-15(13-16)21(29)26-22-25-18-10-3-11-19(28(18)27-22)30-17-9-2-5-14-7-4-12-24-20(14)17/h1-13H,(H,26,27,29). The van der Waals surface area contributed by atoms with Crippen molar-refractivity contribution in [3.8, 4) is 11.6 Å². The SMILES string of the molecule is O=C(Nc1nc2cccc(Oc3cccc4cccnc34)n2n1)c1cccc(F)c1. The van der Waals surface area contributed by atoms with Gasteiger partial charge in [-0.3, -0.25) is 15.1 Å². The number of anilines is 1. The van der Waals surface area contributed by atoms with Gasteiger partial charge in [-0.1, -0.05) is 30.3 Å². The van der Waals surface area contributed by atoms with Crippen molar-refractivity contribution in [3.05, 3.63) is 90.4 Å². The number of aromatic nitrogens is 4. The summed E-state index contributed by atoms with van der Waals surface area (Å²) in [6, 6.07) is 20.1. The molecule has 30 heavy (non-hydrogen) atoms. The number of pyridine rings is 2. The highest BCUT2D eigenvalue weighted by atomic mass is 19.1. The highest BCUT2D eigenvalue weighted by Crippen LogP contribution is 2.28. The molecule has 0 bridgehead atoms. The zero-order valence-corrected chi connectivity index (χ0v) is 15.5. The molecule has 1 N–H and O–H groups in total. The van der Waals surface area contributed by atoms with E-state index in [2.05, 4.69) is 20.4 Å². The third-order valence-electron chi connectivity index (χ3n) is 4.45. The van der Waals surface area contributed by atoms with Crippen molar-refractivity contribution in [3.63, 3.8) is 0 Å². The smallest absolute Gasteiger partial charge is 0.258 e. The molecule has 5 rings (SSSR count). The number of hydrogen-bond acceptors (Lipinski definition) is 5. The number of rotatable bonds is 4. The van der Waals surface area contributed by atoms with E-state index in [0.717, 1.165) is 17.0 Å². The molecule has 7 nitrogen and oxygen atoms in total. The van der Waals surface area contributed by atoms with E-state index >= 15 is 0 Å². The van der Waals surface area contributed by atoms with Crippen LogP contribution in [0.2, 0.25) is 0 Å². The second-order valence-electron chi connectivity index (χ2n) is 6.47. The van der Waals surface area contributed by atoms with Crippen LogP contribution in [0.1, 0.15) is 10.4 Å². The maximum atomic E-state index is 13.4. The van der Waals surface area contributed by atoms with Gasteiger partial charge in [-0.05, 0) is 36.4 Å². The fourth-order valence-corrected chi connectivity index (χ4v) is 3.09. The average Bonchev–Trinajstić information content (AvgIpc) is 3.17. The van der Waals surface area contributed by atoms with Crippen molar-refractivity contribution >= 4 is 28.4 Å². The molecule has 0 aliphatic carbocycles. The number of hydrogen-bond donors (Lipinski definition) is 1. The molecule has 0 aliphatic heterocycles. The van der Waals surface area contributed by atoms with Crippen LogP contribution in [0.15, 0.2) is 79.0 Å². The van der Waals surface area contributed by atoms with Crippen molar-refractivity contribution in [1.29, 1.82) is 0 Å². The van der Waals surface area contributed by atoms with Crippen LogP contribution in [0.5, 0.6) is 11.6 Å². The highest BCUT2D eigenvalue weighted by Gasteiger charge is 2.14. The van der Waals surface area contributed by atoms with Gasteiger partial charge in [-0.2, -0.15) is 9.50 Å². The molecule has 0 saturated carbocycles. The lowest BCUT2D eigenvalue weighted by Gasteiger charge is -2.08. The normalized spacial score (nSPS) is 11.0. The summed E-state index contributed by atoms with van der Waals surface area (Å²) in [7, 11) is 0. The summed E-state index contributed by atoms with van der Waals surface area (Å²) in [6.07, 6.45) is 1.70. The summed E-state index contributed by atoms with van der Waals surface area (Å²) in [4.78, 5) is 21.0. The number of ether oxygens (including phenoxy) is 1. The largest absolute Gasteiger partial charge is 0.437 e. The first-order valence-electron chi connectivity index (χ1n) is 9.12. The second-order valence-corrected chi connectivity index (χ2v) is 6.47. The number of nitrogens with one attached hydrogen (secondary N) is 1. The topological polar surface area (TPSA) is 81.4 Å². The Morgan fingerprint density at radius 3 is 2.73 bits per heavy atom. The molecule has 0 atom stereocenters. The number of amides is 1. The Kier molecular flexibility index (Phi) is 4.29. The van der Waals surface area contributed by atoms with Crippen LogP contribution in [0.3, 0.4) is 0 Å². The van der Waals surface area contributed by atoms with Crippen LogP contribution >= 0.6 is 0 Å². The van der Waals surface area contributed by atoms with Gasteiger partial charge >= 0.3 is 0 Å². The molecular formula is C22H14FN5O2. The molecule has 0 aliphatic rings. The molecule has 5 aromatic rings. The quantitative estimate of drug-likeness (QED) is 0.483. The summed E-state index contributed by atoms with van der Waals surface area (Å²) in [5.41, 5.74) is 1.37. The van der Waals surface area contributed by atoms with Crippen LogP contribution in [0.4, 0.5) is 10.3 Å². The van der Waals surface area contributed by atoms with Crippen LogP contribution in [0, 0.1) is 5.82 Å². The molecule has 8 heteroatoms. The minimum absolute atomic E-state index is 0.0800. The third kappa shape index (κ3) is 3.30. The van der Waals surface area contributed by atoms with E-state index in [4.69, 9.17) is 4.74 Å². The molecule has 146 valence electrons. The molecule has 0 saturated heterocycles. The van der Waals surface area contributed by atoms with Crippen molar-refractivity contribution in [2.75, 3.05) is 5.32 Å². The molecule has 0 fully saturated rings. The maximum Gasteiger partial charge on any atom is 0.258 e. The van der Waals surface area contributed by atoms with E-state index in [1.54, 1.807) is 24.4 Å². The molecule has 2 aromatic carbocycles. The van der Waals surface area contributed by atoms with Gasteiger partial charge in [-0.15, -0.1) is 5.10 Å². The van der Waals surface area contributed by atoms with Gasteiger partial charge in [0.15, 0.2) is 11.4 Å². The van der Waals surface area contributed by atoms with E-state index in [0.29, 0.717) is 17.3 Å². The number of halogens is 1. The predicted molar refractivity (Wildman–Crippen MR) is 109 cm³/mol. The fourth-order valence-electron chi connectivity index (χ4n) is 3.09. The molecule has 0 unspecified atom stereocenters. The molecule has 0 radical (unpaired) electrons. The second kappa shape index (κ2) is 7.25. The van der Waals surface area contributed by atoms with Gasteiger partial charge in [0.1, 0.15) is 11.3 Å². The van der Waals surface area contributed by atoms with Crippen molar-refractivity contribution in [2.24, 2.45) is 0 Å². The summed E-state index contributed by atoms with van der Waals surface area (Å²) >= 11 is 0. The first-order valence-corrected chi connectivity index (χ1v) is 9.12. The minimum Gasteiger partial charge on any atom is -0.437 e. The maximum absolute atomic E-state index is 13.4. The molecule has 1 amide bonds. The average molecular weight is 399 g/mol. The minimum atomic E-state index is -0.508. The van der Waals surface area contributed by atoms with Gasteiger partial charge < -0.3 is 4.74 Å². The number of nitrogens with zero attached hydrogens (tertiary/aromatic N) is 4. The van der Waals surface area contributed by atoms with Gasteiger partial charge in [0.05, 0.1) is 0 Å². The van der Waals surface area contributed by atoms with E-state index in [-0.39, 0.29) is 11.5 Å². The fraction of sp³-hybridized carbons (Fsp3) is 0. The zero-order chi connectivity index (χ0) is 20.5. The molecular weight excluding hydrogens is 385 g/mol. The van der Waals surface area contributed by atoms with E-state index in [9.17, 15) is 9.18 Å². The molecule has 3 aromatic heterocycles. The van der Waals surface area contributed by atoms with E-state index < -0.39 is 11.7 Å². The summed E-state index contributed by atoms with van der Waals surface area (Å²) in [5.74, 6) is 0.0540. The van der Waals surface area contributed by atoms with Gasteiger partial charge in [0, 0.05) is 23.2 Å². The number of fused-ring (bicyclic) bond motifs is 2. The van der Waals surface area contributed by atoms with E-state index in [1.807, 2.05) is 30.3 Å². The number of carbonyl (C=O) groups is 1. The van der Waals surface area contributed by atoms with E-state index in [1.165, 1.54) is 22.7 Å². The lowest BCUT2D eigenvalue weighted by molar-refractivity contribution is 0.102. The molecule has 0 spiro atoms. The number of para-hydroxylation sites is 1. The Hall–Kier alpha value is -4.33. The Morgan fingerprint density at radius 2 is 1.83 bits per heavy atom. The lowest BCUT2D eigenvalue weighted by atomic mass is 10.2. The number of carbonyl (C=O) groups excluding carboxylic acids is 1. The molecule has 3 heterocycles. The predicted octanol–water partition coefficient (Wildman–Crippen LogP) is 4.46. The van der Waals surface area contributed by atoms with Crippen LogP contribution in [0.25, 0.3) is 16.6 Å².